The number of aliphatic hydroxyl groups excluding tert-OH is 1. The molecule has 0 aliphatic rings. The Kier molecular flexibility index (Phi) is 7.04. The number of aliphatic hydroxyl groups is 1. The number of unbranched alkanes of at least 4 members (excludes halogenated alkanes) is 2. The lowest BCUT2D eigenvalue weighted by Gasteiger charge is -2.17. The molecule has 0 saturated carbocycles. The summed E-state index contributed by atoms with van der Waals surface area (Å²) in [6.45, 7) is 0.423. The van der Waals surface area contributed by atoms with Crippen molar-refractivity contribution in [1.82, 2.24) is 4.31 Å². The molecule has 6 nitrogen and oxygen atoms in total. The largest absolute Gasteiger partial charge is 0.478 e. The predicted octanol–water partition coefficient (Wildman–Crippen LogP) is 1.77. The molecule has 0 heterocycles. The lowest BCUT2D eigenvalue weighted by Crippen LogP contribution is -2.28. The zero-order valence-corrected chi connectivity index (χ0v) is 14.6. The van der Waals surface area contributed by atoms with Gasteiger partial charge in [-0.2, -0.15) is 0 Å². The minimum atomic E-state index is -3.69. The average molecular weight is 427 g/mol. The number of benzene rings is 1. The van der Waals surface area contributed by atoms with Gasteiger partial charge in [-0.05, 0) is 60.1 Å². The molecule has 21 heavy (non-hydrogen) atoms. The third-order valence-electron chi connectivity index (χ3n) is 3.01. The van der Waals surface area contributed by atoms with Crippen molar-refractivity contribution in [3.63, 3.8) is 0 Å². The molecule has 0 saturated heterocycles. The molecule has 118 valence electrons. The first kappa shape index (κ1) is 18.3. The van der Waals surface area contributed by atoms with Crippen molar-refractivity contribution in [2.24, 2.45) is 0 Å². The van der Waals surface area contributed by atoms with Gasteiger partial charge in [-0.1, -0.05) is 0 Å². The summed E-state index contributed by atoms with van der Waals surface area (Å²) in [5, 5.41) is 17.7. The quantitative estimate of drug-likeness (QED) is 0.487. The normalized spacial score (nSPS) is 11.8. The van der Waals surface area contributed by atoms with Crippen molar-refractivity contribution in [3.05, 3.63) is 27.3 Å². The van der Waals surface area contributed by atoms with E-state index < -0.39 is 16.0 Å². The monoisotopic (exact) mass is 427 g/mol. The predicted molar refractivity (Wildman–Crippen MR) is 86.9 cm³/mol. The summed E-state index contributed by atoms with van der Waals surface area (Å²) in [5.74, 6) is -1.15. The molecule has 0 unspecified atom stereocenters. The van der Waals surface area contributed by atoms with Crippen LogP contribution in [0.4, 0.5) is 0 Å². The SMILES string of the molecule is CN(CCCCCO)S(=O)(=O)c1ccc(I)c(C(=O)O)c1. The number of sulfonamides is 1. The van der Waals surface area contributed by atoms with Gasteiger partial charge in [-0.15, -0.1) is 0 Å². The lowest BCUT2D eigenvalue weighted by molar-refractivity contribution is 0.0695. The van der Waals surface area contributed by atoms with Crippen LogP contribution in [0.15, 0.2) is 23.1 Å². The van der Waals surface area contributed by atoms with Crippen LogP contribution in [0.3, 0.4) is 0 Å². The van der Waals surface area contributed by atoms with E-state index in [2.05, 4.69) is 0 Å². The van der Waals surface area contributed by atoms with Gasteiger partial charge in [-0.3, -0.25) is 0 Å². The van der Waals surface area contributed by atoms with Crippen LogP contribution < -0.4 is 0 Å². The molecule has 0 aromatic heterocycles. The molecule has 1 rings (SSSR count). The number of aromatic carboxylic acids is 1. The van der Waals surface area contributed by atoms with Crippen molar-refractivity contribution >= 4 is 38.6 Å². The summed E-state index contributed by atoms with van der Waals surface area (Å²) in [7, 11) is -2.23. The molecule has 0 bridgehead atoms. The number of carbonyl (C=O) groups is 1. The molecule has 0 fully saturated rings. The first-order valence-corrected chi connectivity index (χ1v) is 8.92. The van der Waals surface area contributed by atoms with Crippen LogP contribution in [-0.4, -0.2) is 49.1 Å². The Morgan fingerprint density at radius 1 is 1.29 bits per heavy atom. The topological polar surface area (TPSA) is 94.9 Å². The van der Waals surface area contributed by atoms with Crippen molar-refractivity contribution in [1.29, 1.82) is 0 Å². The van der Waals surface area contributed by atoms with Gasteiger partial charge in [0.05, 0.1) is 10.5 Å². The fourth-order valence-electron chi connectivity index (χ4n) is 1.75. The molecular formula is C13H18INO5S. The van der Waals surface area contributed by atoms with E-state index in [1.807, 2.05) is 22.6 Å². The Hall–Kier alpha value is -0.710. The Morgan fingerprint density at radius 2 is 1.95 bits per heavy atom. The van der Waals surface area contributed by atoms with E-state index in [4.69, 9.17) is 10.2 Å². The summed E-state index contributed by atoms with van der Waals surface area (Å²) in [5.41, 5.74) is -0.0228. The van der Waals surface area contributed by atoms with Crippen LogP contribution in [0.1, 0.15) is 29.6 Å². The Morgan fingerprint density at radius 3 is 2.52 bits per heavy atom. The van der Waals surface area contributed by atoms with E-state index in [1.165, 1.54) is 29.6 Å². The molecule has 0 radical (unpaired) electrons. The maximum Gasteiger partial charge on any atom is 0.336 e. The summed E-state index contributed by atoms with van der Waals surface area (Å²) in [6.07, 6.45) is 2.02. The summed E-state index contributed by atoms with van der Waals surface area (Å²) in [4.78, 5) is 11.1. The number of nitrogens with zero attached hydrogens (tertiary/aromatic N) is 1. The van der Waals surface area contributed by atoms with Crippen molar-refractivity contribution in [2.75, 3.05) is 20.2 Å². The van der Waals surface area contributed by atoms with Crippen molar-refractivity contribution < 1.29 is 23.4 Å². The molecule has 0 spiro atoms. The Bertz CT molecular complexity index is 603. The second-order valence-electron chi connectivity index (χ2n) is 4.56. The van der Waals surface area contributed by atoms with Gasteiger partial charge in [0.15, 0.2) is 0 Å². The summed E-state index contributed by atoms with van der Waals surface area (Å²) < 4.78 is 26.4. The fourth-order valence-corrected chi connectivity index (χ4v) is 3.55. The standard InChI is InChI=1S/C13H18INO5S/c1-15(7-3-2-4-8-16)21(19,20)10-5-6-12(14)11(9-10)13(17)18/h5-6,9,16H,2-4,7-8H2,1H3,(H,17,18). The van der Waals surface area contributed by atoms with Gasteiger partial charge in [-0.25, -0.2) is 17.5 Å². The highest BCUT2D eigenvalue weighted by Gasteiger charge is 2.22. The average Bonchev–Trinajstić information content (AvgIpc) is 2.43. The van der Waals surface area contributed by atoms with E-state index in [1.54, 1.807) is 0 Å². The second kappa shape index (κ2) is 8.06. The molecule has 8 heteroatoms. The maximum atomic E-state index is 12.4. The summed E-state index contributed by atoms with van der Waals surface area (Å²) >= 11 is 1.86. The van der Waals surface area contributed by atoms with Crippen molar-refractivity contribution in [3.8, 4) is 0 Å². The Balaban J connectivity index is 2.92. The van der Waals surface area contributed by atoms with Gasteiger partial charge in [0.1, 0.15) is 0 Å². The van der Waals surface area contributed by atoms with Crippen LogP contribution in [-0.2, 0) is 10.0 Å². The number of halogens is 1. The molecule has 1 aromatic carbocycles. The van der Waals surface area contributed by atoms with Gasteiger partial charge in [0, 0.05) is 23.8 Å². The van der Waals surface area contributed by atoms with Crippen LogP contribution in [0, 0.1) is 3.57 Å². The fraction of sp³-hybridized carbons (Fsp3) is 0.462. The van der Waals surface area contributed by atoms with Crippen LogP contribution >= 0.6 is 22.6 Å². The summed E-state index contributed by atoms with van der Waals surface area (Å²) in [6, 6.07) is 4.08. The zero-order chi connectivity index (χ0) is 16.0. The van der Waals surface area contributed by atoms with E-state index >= 15 is 0 Å². The second-order valence-corrected chi connectivity index (χ2v) is 7.76. The van der Waals surface area contributed by atoms with Gasteiger partial charge in [0.2, 0.25) is 10.0 Å². The van der Waals surface area contributed by atoms with E-state index in [0.29, 0.717) is 23.0 Å². The third kappa shape index (κ3) is 4.90. The van der Waals surface area contributed by atoms with E-state index in [-0.39, 0.29) is 17.1 Å². The minimum Gasteiger partial charge on any atom is -0.478 e. The number of hydrogen-bond donors (Lipinski definition) is 2. The Labute approximate surface area is 138 Å². The number of carboxylic acids is 1. The number of carboxylic acid groups (broad SMARTS) is 1. The molecule has 2 N–H and O–H groups in total. The number of hydrogen-bond acceptors (Lipinski definition) is 4. The smallest absolute Gasteiger partial charge is 0.336 e. The van der Waals surface area contributed by atoms with Gasteiger partial charge < -0.3 is 10.2 Å². The van der Waals surface area contributed by atoms with Crippen molar-refractivity contribution in [2.45, 2.75) is 24.2 Å². The first-order valence-electron chi connectivity index (χ1n) is 6.40. The lowest BCUT2D eigenvalue weighted by atomic mass is 10.2. The van der Waals surface area contributed by atoms with Crippen LogP contribution in [0.5, 0.6) is 0 Å². The van der Waals surface area contributed by atoms with E-state index in [9.17, 15) is 13.2 Å². The molecule has 1 aromatic rings. The molecule has 0 amide bonds. The van der Waals surface area contributed by atoms with Crippen LogP contribution in [0.2, 0.25) is 0 Å². The highest BCUT2D eigenvalue weighted by molar-refractivity contribution is 14.1. The molecule has 0 aliphatic carbocycles. The number of rotatable bonds is 8. The zero-order valence-electron chi connectivity index (χ0n) is 11.6. The molecule has 0 atom stereocenters. The first-order chi connectivity index (χ1) is 9.80. The van der Waals surface area contributed by atoms with Gasteiger partial charge in [0.25, 0.3) is 0 Å². The van der Waals surface area contributed by atoms with Crippen LogP contribution in [0.25, 0.3) is 0 Å². The van der Waals surface area contributed by atoms with E-state index in [0.717, 1.165) is 6.42 Å². The molecular weight excluding hydrogens is 409 g/mol. The molecule has 0 aliphatic heterocycles. The highest BCUT2D eigenvalue weighted by atomic mass is 127. The third-order valence-corrected chi connectivity index (χ3v) is 5.80. The van der Waals surface area contributed by atoms with Gasteiger partial charge >= 0.3 is 5.97 Å². The highest BCUT2D eigenvalue weighted by Crippen LogP contribution is 2.20. The maximum absolute atomic E-state index is 12.4. The minimum absolute atomic E-state index is 0.0228.